The zero-order valence-electron chi connectivity index (χ0n) is 11.0. The van der Waals surface area contributed by atoms with Gasteiger partial charge in [-0.25, -0.2) is 0 Å². The molecule has 0 N–H and O–H groups in total. The molecule has 0 saturated heterocycles. The maximum absolute atomic E-state index is 12.5. The molecule has 0 aliphatic heterocycles. The van der Waals surface area contributed by atoms with E-state index in [0.717, 1.165) is 31.2 Å². The van der Waals surface area contributed by atoms with Crippen LogP contribution in [0.3, 0.4) is 0 Å². The molecule has 2 fully saturated rings. The Kier molecular flexibility index (Phi) is 4.35. The van der Waals surface area contributed by atoms with Crippen LogP contribution in [0, 0.1) is 17.8 Å². The van der Waals surface area contributed by atoms with Crippen molar-refractivity contribution in [1.29, 1.82) is 0 Å². The molecule has 98 valence electrons. The molecular weight excluding hydrogens is 234 g/mol. The van der Waals surface area contributed by atoms with Gasteiger partial charge in [-0.05, 0) is 37.5 Å². The average molecular weight is 258 g/mol. The molecule has 0 bridgehead atoms. The Bertz CT molecular complexity index is 267. The highest BCUT2D eigenvalue weighted by atomic mass is 35.5. The lowest BCUT2D eigenvalue weighted by molar-refractivity contribution is -0.135. The number of carbonyl (C=O) groups excluding carboxylic acids is 1. The minimum atomic E-state index is 0.354. The van der Waals surface area contributed by atoms with Gasteiger partial charge in [-0.2, -0.15) is 0 Å². The van der Waals surface area contributed by atoms with E-state index in [1.165, 1.54) is 19.3 Å². The topological polar surface area (TPSA) is 20.3 Å². The summed E-state index contributed by atoms with van der Waals surface area (Å²) in [6.07, 6.45) is 5.97. The van der Waals surface area contributed by atoms with E-state index in [1.54, 1.807) is 0 Å². The van der Waals surface area contributed by atoms with Crippen LogP contribution in [0.15, 0.2) is 0 Å². The lowest BCUT2D eigenvalue weighted by Gasteiger charge is -2.30. The standard InChI is InChI=1S/C14H24ClNO/c1-3-10(4-2)16(9-8-15)14(17)13-11-6-5-7-12(11)13/h10-13H,3-9H2,1-2H3. The molecule has 0 aromatic heterocycles. The highest BCUT2D eigenvalue weighted by Gasteiger charge is 2.57. The first-order valence-corrected chi connectivity index (χ1v) is 7.64. The van der Waals surface area contributed by atoms with Gasteiger partial charge < -0.3 is 4.90 Å². The third kappa shape index (κ3) is 2.47. The molecule has 0 aromatic rings. The fourth-order valence-electron chi connectivity index (χ4n) is 3.67. The summed E-state index contributed by atoms with van der Waals surface area (Å²) in [6, 6.07) is 0.391. The number of carbonyl (C=O) groups is 1. The summed E-state index contributed by atoms with van der Waals surface area (Å²) < 4.78 is 0. The number of hydrogen-bond donors (Lipinski definition) is 0. The molecule has 1 amide bonds. The summed E-state index contributed by atoms with van der Waals surface area (Å²) in [5.74, 6) is 2.75. The van der Waals surface area contributed by atoms with Gasteiger partial charge >= 0.3 is 0 Å². The number of nitrogens with zero attached hydrogens (tertiary/aromatic N) is 1. The van der Waals surface area contributed by atoms with Crippen molar-refractivity contribution in [2.75, 3.05) is 12.4 Å². The highest BCUT2D eigenvalue weighted by Crippen LogP contribution is 2.58. The van der Waals surface area contributed by atoms with E-state index in [0.29, 0.717) is 23.7 Å². The fourth-order valence-corrected chi connectivity index (χ4v) is 3.85. The molecule has 2 aliphatic carbocycles. The number of rotatable bonds is 6. The molecule has 3 heteroatoms. The van der Waals surface area contributed by atoms with Gasteiger partial charge in [0.25, 0.3) is 0 Å². The first-order chi connectivity index (χ1) is 8.24. The van der Waals surface area contributed by atoms with Crippen molar-refractivity contribution in [3.05, 3.63) is 0 Å². The van der Waals surface area contributed by atoms with Crippen LogP contribution < -0.4 is 0 Å². The van der Waals surface area contributed by atoms with Crippen LogP contribution in [0.4, 0.5) is 0 Å². The van der Waals surface area contributed by atoms with Crippen molar-refractivity contribution in [1.82, 2.24) is 4.90 Å². The van der Waals surface area contributed by atoms with Crippen LogP contribution >= 0.6 is 11.6 Å². The predicted molar refractivity (Wildman–Crippen MR) is 71.1 cm³/mol. The molecule has 0 heterocycles. The molecule has 2 rings (SSSR count). The molecule has 0 aromatic carbocycles. The maximum Gasteiger partial charge on any atom is 0.226 e. The van der Waals surface area contributed by atoms with Gasteiger partial charge in [-0.3, -0.25) is 4.79 Å². The molecular formula is C14H24ClNO. The summed E-state index contributed by atoms with van der Waals surface area (Å²) in [5, 5.41) is 0. The summed E-state index contributed by atoms with van der Waals surface area (Å²) in [4.78, 5) is 14.6. The van der Waals surface area contributed by atoms with E-state index in [4.69, 9.17) is 11.6 Å². The minimum Gasteiger partial charge on any atom is -0.338 e. The summed E-state index contributed by atoms with van der Waals surface area (Å²) in [7, 11) is 0. The van der Waals surface area contributed by atoms with Gasteiger partial charge in [-0.15, -0.1) is 11.6 Å². The van der Waals surface area contributed by atoms with Crippen molar-refractivity contribution in [3.63, 3.8) is 0 Å². The Hall–Kier alpha value is -0.240. The summed E-state index contributed by atoms with van der Waals surface area (Å²) >= 11 is 5.85. The molecule has 2 nitrogen and oxygen atoms in total. The molecule has 2 saturated carbocycles. The lowest BCUT2D eigenvalue weighted by Crippen LogP contribution is -2.42. The number of hydrogen-bond acceptors (Lipinski definition) is 1. The quantitative estimate of drug-likeness (QED) is 0.669. The van der Waals surface area contributed by atoms with Gasteiger partial charge in [0, 0.05) is 24.4 Å². The Balaban J connectivity index is 1.98. The third-order valence-electron chi connectivity index (χ3n) is 4.68. The second kappa shape index (κ2) is 5.60. The zero-order valence-corrected chi connectivity index (χ0v) is 11.7. The van der Waals surface area contributed by atoms with E-state index in [1.807, 2.05) is 0 Å². The van der Waals surface area contributed by atoms with Crippen LogP contribution in [-0.2, 0) is 4.79 Å². The lowest BCUT2D eigenvalue weighted by atomic mass is 10.1. The SMILES string of the molecule is CCC(CC)N(CCCl)C(=O)C1C2CCCC21. The Morgan fingerprint density at radius 3 is 2.35 bits per heavy atom. The van der Waals surface area contributed by atoms with Gasteiger partial charge in [-0.1, -0.05) is 20.3 Å². The zero-order chi connectivity index (χ0) is 12.4. The third-order valence-corrected chi connectivity index (χ3v) is 4.85. The van der Waals surface area contributed by atoms with Crippen LogP contribution in [0.1, 0.15) is 46.0 Å². The molecule has 17 heavy (non-hydrogen) atoms. The van der Waals surface area contributed by atoms with Crippen LogP contribution in [0.2, 0.25) is 0 Å². The Morgan fingerprint density at radius 1 is 1.29 bits per heavy atom. The van der Waals surface area contributed by atoms with E-state index in [2.05, 4.69) is 18.7 Å². The van der Waals surface area contributed by atoms with Crippen molar-refractivity contribution in [3.8, 4) is 0 Å². The van der Waals surface area contributed by atoms with Crippen molar-refractivity contribution in [2.45, 2.75) is 52.0 Å². The maximum atomic E-state index is 12.5. The van der Waals surface area contributed by atoms with Crippen molar-refractivity contribution in [2.24, 2.45) is 17.8 Å². The van der Waals surface area contributed by atoms with Crippen LogP contribution in [0.25, 0.3) is 0 Å². The molecule has 0 radical (unpaired) electrons. The van der Waals surface area contributed by atoms with Gasteiger partial charge in [0.2, 0.25) is 5.91 Å². The monoisotopic (exact) mass is 257 g/mol. The van der Waals surface area contributed by atoms with Crippen molar-refractivity contribution >= 4 is 17.5 Å². The molecule has 0 spiro atoms. The van der Waals surface area contributed by atoms with E-state index in [9.17, 15) is 4.79 Å². The summed E-state index contributed by atoms with van der Waals surface area (Å²) in [6.45, 7) is 5.05. The number of fused-ring (bicyclic) bond motifs is 1. The number of halogens is 1. The molecule has 2 aliphatic rings. The van der Waals surface area contributed by atoms with Gasteiger partial charge in [0.15, 0.2) is 0 Å². The second-order valence-electron chi connectivity index (χ2n) is 5.48. The highest BCUT2D eigenvalue weighted by molar-refractivity contribution is 6.18. The van der Waals surface area contributed by atoms with E-state index < -0.39 is 0 Å². The van der Waals surface area contributed by atoms with Gasteiger partial charge in [0.1, 0.15) is 0 Å². The largest absolute Gasteiger partial charge is 0.338 e. The minimum absolute atomic E-state index is 0.354. The fraction of sp³-hybridized carbons (Fsp3) is 0.929. The number of amides is 1. The van der Waals surface area contributed by atoms with Gasteiger partial charge in [0.05, 0.1) is 0 Å². The smallest absolute Gasteiger partial charge is 0.226 e. The summed E-state index contributed by atoms with van der Waals surface area (Å²) in [5.41, 5.74) is 0. The first kappa shape index (κ1) is 13.2. The molecule has 2 atom stereocenters. The van der Waals surface area contributed by atoms with Crippen LogP contribution in [0.5, 0.6) is 0 Å². The Labute approximate surface area is 110 Å². The Morgan fingerprint density at radius 2 is 1.88 bits per heavy atom. The van der Waals surface area contributed by atoms with E-state index in [-0.39, 0.29) is 0 Å². The molecule has 2 unspecified atom stereocenters. The second-order valence-corrected chi connectivity index (χ2v) is 5.85. The van der Waals surface area contributed by atoms with Crippen LogP contribution in [-0.4, -0.2) is 29.3 Å². The predicted octanol–water partition coefficient (Wildman–Crippen LogP) is 3.29. The first-order valence-electron chi connectivity index (χ1n) is 7.11. The average Bonchev–Trinajstić information content (AvgIpc) is 2.82. The van der Waals surface area contributed by atoms with E-state index >= 15 is 0 Å². The number of alkyl halides is 1. The normalized spacial score (nSPS) is 30.5. The van der Waals surface area contributed by atoms with Crippen molar-refractivity contribution < 1.29 is 4.79 Å².